The van der Waals surface area contributed by atoms with E-state index in [9.17, 15) is 4.79 Å². The summed E-state index contributed by atoms with van der Waals surface area (Å²) in [4.78, 5) is 15.7. The second kappa shape index (κ2) is 5.76. The van der Waals surface area contributed by atoms with E-state index >= 15 is 0 Å². The van der Waals surface area contributed by atoms with Gasteiger partial charge in [0.2, 0.25) is 5.91 Å². The maximum atomic E-state index is 12.4. The lowest BCUT2D eigenvalue weighted by Gasteiger charge is -2.27. The van der Waals surface area contributed by atoms with Crippen molar-refractivity contribution < 1.29 is 4.79 Å². The summed E-state index contributed by atoms with van der Waals surface area (Å²) in [6, 6.07) is 7.37. The monoisotopic (exact) mass is 325 g/mol. The van der Waals surface area contributed by atoms with Gasteiger partial charge in [-0.1, -0.05) is 29.3 Å². The molecule has 0 atom stereocenters. The van der Waals surface area contributed by atoms with E-state index in [0.717, 1.165) is 18.5 Å². The smallest absolute Gasteiger partial charge is 0.227 e. The quantitative estimate of drug-likeness (QED) is 0.811. The molecule has 1 aromatic heterocycles. The van der Waals surface area contributed by atoms with Gasteiger partial charge < -0.3 is 4.90 Å². The van der Waals surface area contributed by atoms with Gasteiger partial charge in [0.15, 0.2) is 0 Å². The maximum absolute atomic E-state index is 12.4. The van der Waals surface area contributed by atoms with Crippen LogP contribution in [0.5, 0.6) is 0 Å². The SMILES string of the molecule is O=C(Cc1ccc(Cl)cc1Cl)N1CCc2sccc2C1. The summed E-state index contributed by atoms with van der Waals surface area (Å²) in [7, 11) is 0. The number of hydrogen-bond donors (Lipinski definition) is 0. The van der Waals surface area contributed by atoms with Crippen LogP contribution < -0.4 is 0 Å². The van der Waals surface area contributed by atoms with Crippen molar-refractivity contribution >= 4 is 40.4 Å². The summed E-state index contributed by atoms with van der Waals surface area (Å²) in [6.45, 7) is 1.50. The molecular formula is C15H13Cl2NOS. The summed E-state index contributed by atoms with van der Waals surface area (Å²) in [5, 5.41) is 3.24. The van der Waals surface area contributed by atoms with Crippen LogP contribution in [-0.2, 0) is 24.2 Å². The molecule has 0 unspecified atom stereocenters. The molecular weight excluding hydrogens is 313 g/mol. The molecule has 0 aliphatic carbocycles. The molecule has 1 aliphatic heterocycles. The lowest BCUT2D eigenvalue weighted by Crippen LogP contribution is -2.36. The first-order chi connectivity index (χ1) is 9.63. The first kappa shape index (κ1) is 13.9. The summed E-state index contributed by atoms with van der Waals surface area (Å²) in [6.07, 6.45) is 1.28. The maximum Gasteiger partial charge on any atom is 0.227 e. The molecule has 20 heavy (non-hydrogen) atoms. The summed E-state index contributed by atoms with van der Waals surface area (Å²) in [5.41, 5.74) is 2.11. The number of benzene rings is 1. The first-order valence-corrected chi connectivity index (χ1v) is 8.04. The number of halogens is 2. The van der Waals surface area contributed by atoms with Gasteiger partial charge in [0, 0.05) is 28.0 Å². The molecule has 0 saturated carbocycles. The van der Waals surface area contributed by atoms with Gasteiger partial charge >= 0.3 is 0 Å². The third kappa shape index (κ3) is 2.85. The molecule has 0 radical (unpaired) electrons. The van der Waals surface area contributed by atoms with Crippen molar-refractivity contribution in [2.75, 3.05) is 6.54 Å². The van der Waals surface area contributed by atoms with E-state index in [4.69, 9.17) is 23.2 Å². The van der Waals surface area contributed by atoms with Crippen LogP contribution in [0, 0.1) is 0 Å². The van der Waals surface area contributed by atoms with E-state index in [1.165, 1.54) is 10.4 Å². The molecule has 0 spiro atoms. The Morgan fingerprint density at radius 1 is 1.30 bits per heavy atom. The molecule has 5 heteroatoms. The molecule has 1 amide bonds. The van der Waals surface area contributed by atoms with Crippen molar-refractivity contribution in [1.82, 2.24) is 4.90 Å². The molecule has 104 valence electrons. The lowest BCUT2D eigenvalue weighted by atomic mass is 10.1. The highest BCUT2D eigenvalue weighted by Gasteiger charge is 2.22. The second-order valence-corrected chi connectivity index (χ2v) is 6.69. The first-order valence-electron chi connectivity index (χ1n) is 6.40. The van der Waals surface area contributed by atoms with E-state index < -0.39 is 0 Å². The molecule has 0 N–H and O–H groups in total. The van der Waals surface area contributed by atoms with Gasteiger partial charge in [0.25, 0.3) is 0 Å². The van der Waals surface area contributed by atoms with E-state index in [0.29, 0.717) is 23.0 Å². The second-order valence-electron chi connectivity index (χ2n) is 4.85. The van der Waals surface area contributed by atoms with Crippen LogP contribution in [0.1, 0.15) is 16.0 Å². The van der Waals surface area contributed by atoms with E-state index in [1.807, 2.05) is 11.0 Å². The molecule has 0 bridgehead atoms. The van der Waals surface area contributed by atoms with Crippen molar-refractivity contribution in [3.63, 3.8) is 0 Å². The van der Waals surface area contributed by atoms with Gasteiger partial charge in [-0.2, -0.15) is 0 Å². The number of hydrogen-bond acceptors (Lipinski definition) is 2. The highest BCUT2D eigenvalue weighted by molar-refractivity contribution is 7.10. The van der Waals surface area contributed by atoms with Gasteiger partial charge in [-0.25, -0.2) is 0 Å². The van der Waals surface area contributed by atoms with Crippen LogP contribution in [0.15, 0.2) is 29.6 Å². The molecule has 2 heterocycles. The Kier molecular flexibility index (Phi) is 4.01. The van der Waals surface area contributed by atoms with Crippen LogP contribution in [0.3, 0.4) is 0 Å². The van der Waals surface area contributed by atoms with E-state index in [1.54, 1.807) is 23.5 Å². The fourth-order valence-electron chi connectivity index (χ4n) is 2.40. The average Bonchev–Trinajstić information content (AvgIpc) is 2.89. The summed E-state index contributed by atoms with van der Waals surface area (Å²) >= 11 is 13.8. The van der Waals surface area contributed by atoms with Crippen LogP contribution >= 0.6 is 34.5 Å². The standard InChI is InChI=1S/C15H13Cl2NOS/c16-12-2-1-10(13(17)8-12)7-15(19)18-5-3-14-11(9-18)4-6-20-14/h1-2,4,6,8H,3,5,7,9H2. The number of rotatable bonds is 2. The Balaban J connectivity index is 1.71. The Morgan fingerprint density at radius 2 is 2.15 bits per heavy atom. The van der Waals surface area contributed by atoms with Crippen LogP contribution in [0.25, 0.3) is 0 Å². The van der Waals surface area contributed by atoms with E-state index in [2.05, 4.69) is 11.4 Å². The number of thiophene rings is 1. The predicted octanol–water partition coefficient (Wildman–Crippen LogP) is 4.18. The van der Waals surface area contributed by atoms with Gasteiger partial charge in [-0.15, -0.1) is 11.3 Å². The fraction of sp³-hybridized carbons (Fsp3) is 0.267. The normalized spacial score (nSPS) is 14.2. The summed E-state index contributed by atoms with van der Waals surface area (Å²) in [5.74, 6) is 0.117. The number of nitrogens with zero attached hydrogens (tertiary/aromatic N) is 1. The highest BCUT2D eigenvalue weighted by atomic mass is 35.5. The fourth-order valence-corrected chi connectivity index (χ4v) is 3.77. The Hall–Kier alpha value is -1.03. The Morgan fingerprint density at radius 3 is 2.95 bits per heavy atom. The molecule has 3 rings (SSSR count). The number of amides is 1. The summed E-state index contributed by atoms with van der Waals surface area (Å²) < 4.78 is 0. The highest BCUT2D eigenvalue weighted by Crippen LogP contribution is 2.26. The zero-order valence-electron chi connectivity index (χ0n) is 10.7. The Labute approximate surface area is 131 Å². The van der Waals surface area contributed by atoms with Gasteiger partial charge in [-0.3, -0.25) is 4.79 Å². The minimum atomic E-state index is 0.117. The van der Waals surface area contributed by atoms with Crippen LogP contribution in [-0.4, -0.2) is 17.4 Å². The molecule has 0 fully saturated rings. The Bertz CT molecular complexity index is 653. The average molecular weight is 326 g/mol. The zero-order valence-corrected chi connectivity index (χ0v) is 13.1. The van der Waals surface area contributed by atoms with Gasteiger partial charge in [0.05, 0.1) is 6.42 Å². The van der Waals surface area contributed by atoms with Gasteiger partial charge in [0.1, 0.15) is 0 Å². The molecule has 1 aromatic carbocycles. The van der Waals surface area contributed by atoms with Crippen molar-refractivity contribution in [3.05, 3.63) is 55.7 Å². The molecule has 2 aromatic rings. The van der Waals surface area contributed by atoms with Crippen LogP contribution in [0.4, 0.5) is 0 Å². The largest absolute Gasteiger partial charge is 0.338 e. The minimum absolute atomic E-state index is 0.117. The van der Waals surface area contributed by atoms with Crippen molar-refractivity contribution in [3.8, 4) is 0 Å². The number of fused-ring (bicyclic) bond motifs is 1. The van der Waals surface area contributed by atoms with Crippen LogP contribution in [0.2, 0.25) is 10.0 Å². The molecule has 2 nitrogen and oxygen atoms in total. The number of carbonyl (C=O) groups excluding carboxylic acids is 1. The molecule has 0 saturated heterocycles. The van der Waals surface area contributed by atoms with Crippen molar-refractivity contribution in [2.45, 2.75) is 19.4 Å². The zero-order chi connectivity index (χ0) is 14.1. The predicted molar refractivity (Wildman–Crippen MR) is 83.6 cm³/mol. The topological polar surface area (TPSA) is 20.3 Å². The minimum Gasteiger partial charge on any atom is -0.338 e. The molecule has 1 aliphatic rings. The van der Waals surface area contributed by atoms with E-state index in [-0.39, 0.29) is 5.91 Å². The van der Waals surface area contributed by atoms with Crippen molar-refractivity contribution in [1.29, 1.82) is 0 Å². The third-order valence-corrected chi connectivity index (χ3v) is 5.13. The number of carbonyl (C=O) groups is 1. The van der Waals surface area contributed by atoms with Crippen molar-refractivity contribution in [2.24, 2.45) is 0 Å². The third-order valence-electron chi connectivity index (χ3n) is 3.52. The lowest BCUT2D eigenvalue weighted by molar-refractivity contribution is -0.131. The van der Waals surface area contributed by atoms with Gasteiger partial charge in [-0.05, 0) is 41.1 Å².